The number of likely N-dealkylation sites (N-methyl/N-ethyl adjacent to an activating group) is 1. The van der Waals surface area contributed by atoms with Gasteiger partial charge in [0.2, 0.25) is 15.9 Å². The fourth-order valence-electron chi connectivity index (χ4n) is 3.21. The first-order valence-electron chi connectivity index (χ1n) is 10.6. The Morgan fingerprint density at radius 2 is 1.48 bits per heavy atom. The molecule has 1 amide bonds. The monoisotopic (exact) mass is 467 g/mol. The highest BCUT2D eigenvalue weighted by atomic mass is 32.2. The average molecular weight is 468 g/mol. The number of carbonyl (C=O) groups is 1. The molecule has 0 unspecified atom stereocenters. The molecule has 0 radical (unpaired) electrons. The van der Waals surface area contributed by atoms with Gasteiger partial charge < -0.3 is 15.0 Å². The van der Waals surface area contributed by atoms with Gasteiger partial charge >= 0.3 is 0 Å². The zero-order valence-corrected chi connectivity index (χ0v) is 19.7. The number of benzene rings is 3. The Morgan fingerprint density at radius 1 is 0.879 bits per heavy atom. The topological polar surface area (TPSA) is 79.0 Å². The standard InChI is InChI=1S/C25H29N3O4S/c1-27(22-11-7-4-8-12-22)18-17-26-25(29)19-28(33(2,30)31)23-13-15-24(16-14-23)32-20-21-9-5-3-6-10-21/h3-16H,17-20H2,1-2H3,(H,26,29). The Kier molecular flexibility index (Phi) is 8.32. The van der Waals surface area contributed by atoms with E-state index in [1.54, 1.807) is 24.3 Å². The van der Waals surface area contributed by atoms with Crippen molar-refractivity contribution in [3.05, 3.63) is 90.5 Å². The largest absolute Gasteiger partial charge is 0.489 e. The van der Waals surface area contributed by atoms with Gasteiger partial charge in [-0.05, 0) is 42.0 Å². The van der Waals surface area contributed by atoms with Crippen molar-refractivity contribution in [3.63, 3.8) is 0 Å². The molecule has 0 saturated carbocycles. The smallest absolute Gasteiger partial charge is 0.240 e. The lowest BCUT2D eigenvalue weighted by molar-refractivity contribution is -0.119. The average Bonchev–Trinajstić information content (AvgIpc) is 2.82. The molecule has 0 spiro atoms. The first-order valence-corrected chi connectivity index (χ1v) is 12.4. The van der Waals surface area contributed by atoms with Gasteiger partial charge in [-0.2, -0.15) is 0 Å². The highest BCUT2D eigenvalue weighted by Crippen LogP contribution is 2.22. The number of nitrogens with zero attached hydrogens (tertiary/aromatic N) is 2. The third-order valence-corrected chi connectivity index (χ3v) is 6.17. The van der Waals surface area contributed by atoms with Gasteiger partial charge in [0.25, 0.3) is 0 Å². The summed E-state index contributed by atoms with van der Waals surface area (Å²) in [4.78, 5) is 14.5. The lowest BCUT2D eigenvalue weighted by Crippen LogP contribution is -2.42. The highest BCUT2D eigenvalue weighted by molar-refractivity contribution is 7.92. The van der Waals surface area contributed by atoms with Gasteiger partial charge in [0, 0.05) is 25.8 Å². The molecule has 3 aromatic carbocycles. The van der Waals surface area contributed by atoms with Crippen molar-refractivity contribution in [2.24, 2.45) is 0 Å². The Bertz CT molecular complexity index is 1120. The van der Waals surface area contributed by atoms with E-state index in [9.17, 15) is 13.2 Å². The first-order chi connectivity index (χ1) is 15.8. The molecule has 0 saturated heterocycles. The lowest BCUT2D eigenvalue weighted by Gasteiger charge is -2.23. The van der Waals surface area contributed by atoms with Crippen molar-refractivity contribution in [1.82, 2.24) is 5.32 Å². The molecule has 1 N–H and O–H groups in total. The zero-order chi connectivity index (χ0) is 23.7. The predicted octanol–water partition coefficient (Wildman–Crippen LogP) is 3.28. The summed E-state index contributed by atoms with van der Waals surface area (Å²) in [6, 6.07) is 26.2. The molecule has 7 nitrogen and oxygen atoms in total. The minimum atomic E-state index is -3.64. The van der Waals surface area contributed by atoms with E-state index in [-0.39, 0.29) is 12.5 Å². The number of para-hydroxylation sites is 1. The van der Waals surface area contributed by atoms with Crippen LogP contribution in [0.4, 0.5) is 11.4 Å². The normalized spacial score (nSPS) is 11.0. The molecule has 0 aliphatic rings. The molecule has 0 fully saturated rings. The predicted molar refractivity (Wildman–Crippen MR) is 132 cm³/mol. The second-order valence-corrected chi connectivity index (χ2v) is 9.55. The summed E-state index contributed by atoms with van der Waals surface area (Å²) in [5.41, 5.74) is 2.48. The molecular weight excluding hydrogens is 438 g/mol. The van der Waals surface area contributed by atoms with Crippen LogP contribution in [0.3, 0.4) is 0 Å². The second kappa shape index (κ2) is 11.4. The van der Waals surface area contributed by atoms with E-state index in [2.05, 4.69) is 5.32 Å². The third-order valence-electron chi connectivity index (χ3n) is 5.03. The van der Waals surface area contributed by atoms with Gasteiger partial charge in [-0.25, -0.2) is 8.42 Å². The first kappa shape index (κ1) is 24.1. The summed E-state index contributed by atoms with van der Waals surface area (Å²) >= 11 is 0. The van der Waals surface area contributed by atoms with Crippen LogP contribution in [0.25, 0.3) is 0 Å². The second-order valence-electron chi connectivity index (χ2n) is 7.64. The molecule has 3 rings (SSSR count). The summed E-state index contributed by atoms with van der Waals surface area (Å²) in [6.45, 7) is 1.12. The highest BCUT2D eigenvalue weighted by Gasteiger charge is 2.20. The van der Waals surface area contributed by atoms with Crippen LogP contribution in [-0.2, 0) is 21.4 Å². The van der Waals surface area contributed by atoms with Crippen molar-refractivity contribution >= 4 is 27.3 Å². The van der Waals surface area contributed by atoms with Crippen molar-refractivity contribution < 1.29 is 17.9 Å². The number of nitrogens with one attached hydrogen (secondary N) is 1. The van der Waals surface area contributed by atoms with Gasteiger partial charge in [-0.3, -0.25) is 9.10 Å². The van der Waals surface area contributed by atoms with Crippen molar-refractivity contribution in [1.29, 1.82) is 0 Å². The number of amides is 1. The molecule has 0 aromatic heterocycles. The summed E-state index contributed by atoms with van der Waals surface area (Å²) in [7, 11) is -1.71. The number of sulfonamides is 1. The van der Waals surface area contributed by atoms with E-state index >= 15 is 0 Å². The molecule has 0 heterocycles. The Labute approximate surface area is 195 Å². The Morgan fingerprint density at radius 3 is 2.09 bits per heavy atom. The Balaban J connectivity index is 1.55. The molecular formula is C25H29N3O4S. The van der Waals surface area contributed by atoms with Gasteiger partial charge in [0.1, 0.15) is 18.9 Å². The molecule has 0 aliphatic carbocycles. The van der Waals surface area contributed by atoms with Crippen molar-refractivity contribution in [3.8, 4) is 5.75 Å². The van der Waals surface area contributed by atoms with Crippen LogP contribution in [0, 0.1) is 0 Å². The number of carbonyl (C=O) groups excluding carboxylic acids is 1. The molecule has 0 atom stereocenters. The molecule has 3 aromatic rings. The van der Waals surface area contributed by atoms with Crippen LogP contribution in [-0.4, -0.2) is 47.3 Å². The van der Waals surface area contributed by atoms with Crippen molar-refractivity contribution in [2.45, 2.75) is 6.61 Å². The van der Waals surface area contributed by atoms with Gasteiger partial charge in [-0.15, -0.1) is 0 Å². The number of ether oxygens (including phenoxy) is 1. The van der Waals surface area contributed by atoms with Crippen LogP contribution in [0.5, 0.6) is 5.75 Å². The lowest BCUT2D eigenvalue weighted by atomic mass is 10.2. The maximum atomic E-state index is 12.5. The van der Waals surface area contributed by atoms with Crippen molar-refractivity contribution in [2.75, 3.05) is 42.1 Å². The summed E-state index contributed by atoms with van der Waals surface area (Å²) in [6.07, 6.45) is 1.09. The van der Waals surface area contributed by atoms with Gasteiger partial charge in [-0.1, -0.05) is 48.5 Å². The summed E-state index contributed by atoms with van der Waals surface area (Å²) < 4.78 is 31.5. The maximum absolute atomic E-state index is 12.5. The van der Waals surface area contributed by atoms with Crippen LogP contribution in [0.1, 0.15) is 5.56 Å². The molecule has 0 bridgehead atoms. The van der Waals surface area contributed by atoms with E-state index in [1.807, 2.05) is 72.6 Å². The number of hydrogen-bond donors (Lipinski definition) is 1. The quantitative estimate of drug-likeness (QED) is 0.468. The van der Waals surface area contributed by atoms with E-state index in [1.165, 1.54) is 0 Å². The fraction of sp³-hybridized carbons (Fsp3) is 0.240. The molecule has 174 valence electrons. The minimum Gasteiger partial charge on any atom is -0.489 e. The number of hydrogen-bond acceptors (Lipinski definition) is 5. The third kappa shape index (κ3) is 7.54. The van der Waals surface area contributed by atoms with Crippen LogP contribution in [0.15, 0.2) is 84.9 Å². The van der Waals surface area contributed by atoms with Crippen LogP contribution >= 0.6 is 0 Å². The van der Waals surface area contributed by atoms with Crippen LogP contribution < -0.4 is 19.3 Å². The minimum absolute atomic E-state index is 0.294. The summed E-state index contributed by atoms with van der Waals surface area (Å²) in [5, 5.41) is 2.79. The maximum Gasteiger partial charge on any atom is 0.240 e. The van der Waals surface area contributed by atoms with E-state index < -0.39 is 10.0 Å². The number of rotatable bonds is 11. The Hall–Kier alpha value is -3.52. The summed E-state index contributed by atoms with van der Waals surface area (Å²) in [5.74, 6) is 0.246. The number of anilines is 2. The van der Waals surface area contributed by atoms with E-state index in [4.69, 9.17) is 4.74 Å². The van der Waals surface area contributed by atoms with E-state index in [0.29, 0.717) is 31.1 Å². The fourth-order valence-corrected chi connectivity index (χ4v) is 4.07. The SMILES string of the molecule is CN(CCNC(=O)CN(c1ccc(OCc2ccccc2)cc1)S(C)(=O)=O)c1ccccc1. The van der Waals surface area contributed by atoms with Crippen LogP contribution in [0.2, 0.25) is 0 Å². The zero-order valence-electron chi connectivity index (χ0n) is 18.8. The molecule has 0 aliphatic heterocycles. The molecule has 33 heavy (non-hydrogen) atoms. The molecule has 8 heteroatoms. The van der Waals surface area contributed by atoms with E-state index in [0.717, 1.165) is 21.8 Å². The van der Waals surface area contributed by atoms with Gasteiger partial charge in [0.15, 0.2) is 0 Å². The van der Waals surface area contributed by atoms with Gasteiger partial charge in [0.05, 0.1) is 11.9 Å².